The van der Waals surface area contributed by atoms with Gasteiger partial charge in [0.25, 0.3) is 0 Å². The van der Waals surface area contributed by atoms with Crippen LogP contribution in [-0.4, -0.2) is 21.3 Å². The van der Waals surface area contributed by atoms with E-state index < -0.39 is 14.0 Å². The molecule has 0 rings (SSSR count). The average molecular weight is 330 g/mol. The molecule has 0 aromatic heterocycles. The second-order valence-electron chi connectivity index (χ2n) is 0.751. The number of carbonyl (C=O) groups is 1. The molecule has 3 N–H and O–H groups in total. The molecule has 0 fully saturated rings. The van der Waals surface area contributed by atoms with Crippen molar-refractivity contribution in [3.63, 3.8) is 0 Å². The Kier molecular flexibility index (Phi) is 28.2. The fourth-order valence-corrected chi connectivity index (χ4v) is 0. The third-order valence-corrected chi connectivity index (χ3v) is 0. The van der Waals surface area contributed by atoms with Crippen LogP contribution in [0.1, 0.15) is 0 Å². The predicted octanol–water partition coefficient (Wildman–Crippen LogP) is -7.96. The molecule has 0 heterocycles. The molecule has 0 atom stereocenters. The van der Waals surface area contributed by atoms with Gasteiger partial charge in [-0.15, -0.1) is 0 Å². The van der Waals surface area contributed by atoms with Gasteiger partial charge in [-0.3, -0.25) is 0 Å². The zero-order valence-corrected chi connectivity index (χ0v) is 16.2. The minimum atomic E-state index is -5.14. The van der Waals surface area contributed by atoms with Gasteiger partial charge in [-0.2, -0.15) is 0 Å². The second kappa shape index (κ2) is 13.1. The van der Waals surface area contributed by atoms with Gasteiger partial charge in [-0.25, -0.2) is 4.79 Å². The Morgan fingerprint density at radius 3 is 1.27 bits per heavy atom. The molecule has 0 spiro atoms. The smallest absolute Gasteiger partial charge is 0.790 e. The molecule has 56 valence electrons. The van der Waals surface area contributed by atoms with E-state index in [2.05, 4.69) is 0 Å². The molecule has 0 aliphatic rings. The average Bonchev–Trinajstić information content (AvgIpc) is 1.19. The number of carboxylic acid groups (broad SMARTS) is 2. The van der Waals surface area contributed by atoms with Gasteiger partial charge in [0, 0.05) is 0 Å². The van der Waals surface area contributed by atoms with E-state index in [1.807, 2.05) is 0 Å². The fraction of sp³-hybridized carbons (Fsp3) is 0. The first-order valence-electron chi connectivity index (χ1n) is 1.40. The van der Waals surface area contributed by atoms with Crippen molar-refractivity contribution in [2.75, 3.05) is 0 Å². The third kappa shape index (κ3) is 170. The van der Waals surface area contributed by atoms with E-state index >= 15 is 0 Å². The zero-order chi connectivity index (χ0) is 8.08. The van der Waals surface area contributed by atoms with Crippen LogP contribution >= 0.6 is 7.82 Å². The van der Waals surface area contributed by atoms with Crippen LogP contribution in [0.25, 0.3) is 0 Å². The van der Waals surface area contributed by atoms with E-state index in [0.717, 1.165) is 0 Å². The molecule has 0 saturated carbocycles. The molecule has 0 unspecified atom stereocenters. The van der Waals surface area contributed by atoms with Crippen molar-refractivity contribution in [3.8, 4) is 0 Å². The Bertz CT molecular complexity index is 118. The summed E-state index contributed by atoms with van der Waals surface area (Å²) in [4.78, 5) is 32.8. The van der Waals surface area contributed by atoms with Crippen molar-refractivity contribution < 1.29 is 155 Å². The first kappa shape index (κ1) is 23.7. The Morgan fingerprint density at radius 1 is 1.27 bits per heavy atom. The van der Waals surface area contributed by atoms with Crippen LogP contribution in [0, 0.1) is 0 Å². The molecule has 0 radical (unpaired) electrons. The fourth-order valence-electron chi connectivity index (χ4n) is 0. The molecule has 0 aliphatic carbocycles. The van der Waals surface area contributed by atoms with E-state index in [-0.39, 0.29) is 120 Å². The zero-order valence-electron chi connectivity index (χ0n) is 5.92. The maximum absolute atomic E-state index is 8.66. The topological polar surface area (TPSA) is 141 Å². The van der Waals surface area contributed by atoms with Crippen molar-refractivity contribution in [2.45, 2.75) is 0 Å². The van der Waals surface area contributed by atoms with E-state index in [1.54, 1.807) is 0 Å². The van der Waals surface area contributed by atoms with Crippen molar-refractivity contribution >= 4 is 14.0 Å². The normalized spacial score (nSPS) is 7.55. The molecule has 0 saturated heterocycles. The first-order chi connectivity index (χ1) is 3.73. The molecule has 11 heavy (non-hydrogen) atoms. The molecule has 0 aromatic carbocycles. The summed E-state index contributed by atoms with van der Waals surface area (Å²) < 4.78 is 8.66. The van der Waals surface area contributed by atoms with E-state index in [0.29, 0.717) is 0 Å². The Labute approximate surface area is 164 Å². The van der Waals surface area contributed by atoms with Gasteiger partial charge in [-0.1, -0.05) is 0 Å². The summed E-state index contributed by atoms with van der Waals surface area (Å²) in [6, 6.07) is 0. The summed E-state index contributed by atoms with van der Waals surface area (Å²) in [6.45, 7) is 0. The Morgan fingerprint density at radius 2 is 1.27 bits per heavy atom. The number of phosphoric acid groups is 1. The summed E-state index contributed by atoms with van der Waals surface area (Å²) in [5.74, 6) is 0. The van der Waals surface area contributed by atoms with Crippen LogP contribution in [0.5, 0.6) is 0 Å². The summed E-state index contributed by atoms with van der Waals surface area (Å²) in [6.07, 6.45) is -1.83. The molecular weight excluding hydrogens is 327 g/mol. The Hall–Kier alpha value is 3.07. The molecular formula is CH3CsKO7P. The van der Waals surface area contributed by atoms with Crippen LogP contribution in [0.2, 0.25) is 0 Å². The van der Waals surface area contributed by atoms with Crippen LogP contribution in [-0.2, 0) is 4.57 Å². The third-order valence-electron chi connectivity index (χ3n) is 0. The molecule has 0 amide bonds. The van der Waals surface area contributed by atoms with Gasteiger partial charge < -0.3 is 29.5 Å². The van der Waals surface area contributed by atoms with E-state index in [1.165, 1.54) is 0 Å². The maximum Gasteiger partial charge on any atom is 1.00 e. The van der Waals surface area contributed by atoms with Crippen LogP contribution in [0.3, 0.4) is 0 Å². The van der Waals surface area contributed by atoms with Gasteiger partial charge >= 0.3 is 126 Å². The summed E-state index contributed by atoms with van der Waals surface area (Å²) in [7, 11) is -5.14. The monoisotopic (exact) mass is 330 g/mol. The number of rotatable bonds is 0. The molecule has 0 aliphatic heterocycles. The molecule has 10 heteroatoms. The minimum absolute atomic E-state index is 0. The van der Waals surface area contributed by atoms with Gasteiger partial charge in [0.05, 0.1) is 7.82 Å². The second-order valence-corrected chi connectivity index (χ2v) is 1.69. The number of hydrogen-bond acceptors (Lipinski definition) is 4. The maximum atomic E-state index is 8.66. The first-order valence-corrected chi connectivity index (χ1v) is 2.89. The van der Waals surface area contributed by atoms with Crippen LogP contribution in [0.4, 0.5) is 4.79 Å². The van der Waals surface area contributed by atoms with Gasteiger partial charge in [0.2, 0.25) is 0 Å². The number of hydrogen-bond donors (Lipinski definition) is 3. The van der Waals surface area contributed by atoms with Crippen LogP contribution < -0.4 is 130 Å². The van der Waals surface area contributed by atoms with E-state index in [9.17, 15) is 0 Å². The SMILES string of the molecule is O=C(O)O.O=P([O-])([O-])O.[Cs+].[K+]. The molecule has 0 aromatic rings. The van der Waals surface area contributed by atoms with Crippen molar-refractivity contribution in [1.29, 1.82) is 0 Å². The molecule has 0 bridgehead atoms. The predicted molar refractivity (Wildman–Crippen MR) is 20.5 cm³/mol. The van der Waals surface area contributed by atoms with Gasteiger partial charge in [0.1, 0.15) is 0 Å². The van der Waals surface area contributed by atoms with Crippen molar-refractivity contribution in [2.24, 2.45) is 0 Å². The van der Waals surface area contributed by atoms with Crippen LogP contribution in [0.15, 0.2) is 0 Å². The molecule has 7 nitrogen and oxygen atoms in total. The summed E-state index contributed by atoms with van der Waals surface area (Å²) in [5.41, 5.74) is 0. The quantitative estimate of drug-likeness (QED) is 0.296. The Balaban J connectivity index is -0.0000000383. The van der Waals surface area contributed by atoms with Gasteiger partial charge in [-0.05, 0) is 0 Å². The van der Waals surface area contributed by atoms with Crippen molar-refractivity contribution in [1.82, 2.24) is 0 Å². The summed E-state index contributed by atoms with van der Waals surface area (Å²) >= 11 is 0. The standard InChI is InChI=1S/CH2O3.Cs.K.H3O4P/c2-1(3)4;;;1-5(2,3)4/h(H2,2,3,4);;;(H3,1,2,3,4)/q;2*+1;/p-2. The largest absolute Gasteiger partial charge is 1.00 e. The van der Waals surface area contributed by atoms with E-state index in [4.69, 9.17) is 34.3 Å². The summed E-state index contributed by atoms with van der Waals surface area (Å²) in [5, 5.41) is 13.9. The minimum Gasteiger partial charge on any atom is -0.790 e. The van der Waals surface area contributed by atoms with Crippen molar-refractivity contribution in [3.05, 3.63) is 0 Å². The van der Waals surface area contributed by atoms with Gasteiger partial charge in [0.15, 0.2) is 0 Å².